The quantitative estimate of drug-likeness (QED) is 0.779. The molecule has 0 N–H and O–H groups in total. The third kappa shape index (κ3) is 4.45. The van der Waals surface area contributed by atoms with Crippen molar-refractivity contribution in [3.05, 3.63) is 29.8 Å². The van der Waals surface area contributed by atoms with Crippen LogP contribution in [0.5, 0.6) is 0 Å². The lowest BCUT2D eigenvalue weighted by Crippen LogP contribution is -2.51. The number of hydrogen-bond acceptors (Lipinski definition) is 4. The Hall–Kier alpha value is -1.44. The van der Waals surface area contributed by atoms with Crippen molar-refractivity contribution in [2.75, 3.05) is 45.8 Å². The molecule has 2 heterocycles. The summed E-state index contributed by atoms with van der Waals surface area (Å²) in [7, 11) is -3.45. The topological polar surface area (TPSA) is 60.9 Å². The molecule has 6 nitrogen and oxygen atoms in total. The van der Waals surface area contributed by atoms with Gasteiger partial charge in [0.2, 0.25) is 15.9 Å². The van der Waals surface area contributed by atoms with E-state index in [0.717, 1.165) is 37.9 Å². The number of likely N-dealkylation sites (tertiary alicyclic amines) is 1. The number of carbonyl (C=O) groups excluding carboxylic acids is 1. The van der Waals surface area contributed by atoms with Crippen molar-refractivity contribution in [1.82, 2.24) is 14.1 Å². The minimum absolute atomic E-state index is 0.177. The standard InChI is InChI=1S/C19H29N3O3S/c1-2-17-6-8-18(9-7-17)26(24,25)22-14-12-20(13-15-22)16-19(23)21-10-4-3-5-11-21/h6-9H,2-5,10-16H2,1H3. The first kappa shape index (κ1) is 19.3. The van der Waals surface area contributed by atoms with Crippen molar-refractivity contribution in [1.29, 1.82) is 0 Å². The van der Waals surface area contributed by atoms with E-state index in [1.54, 1.807) is 12.1 Å². The molecule has 144 valence electrons. The Morgan fingerprint density at radius 1 is 0.923 bits per heavy atom. The van der Waals surface area contributed by atoms with Crippen LogP contribution in [-0.4, -0.2) is 74.2 Å². The van der Waals surface area contributed by atoms with Gasteiger partial charge in [0.15, 0.2) is 0 Å². The molecule has 0 bridgehead atoms. The van der Waals surface area contributed by atoms with Crippen LogP contribution in [-0.2, 0) is 21.2 Å². The van der Waals surface area contributed by atoms with E-state index < -0.39 is 10.0 Å². The van der Waals surface area contributed by atoms with Crippen LogP contribution in [0.15, 0.2) is 29.2 Å². The van der Waals surface area contributed by atoms with Gasteiger partial charge in [-0.05, 0) is 43.4 Å². The summed E-state index contributed by atoms with van der Waals surface area (Å²) in [6.45, 7) is 6.25. The zero-order chi connectivity index (χ0) is 18.6. The Balaban J connectivity index is 1.54. The largest absolute Gasteiger partial charge is 0.342 e. The van der Waals surface area contributed by atoms with E-state index in [-0.39, 0.29) is 5.91 Å². The van der Waals surface area contributed by atoms with Gasteiger partial charge in [-0.15, -0.1) is 0 Å². The maximum absolute atomic E-state index is 12.8. The monoisotopic (exact) mass is 379 g/mol. The van der Waals surface area contributed by atoms with E-state index in [1.165, 1.54) is 10.7 Å². The first-order valence-electron chi connectivity index (χ1n) is 9.60. The summed E-state index contributed by atoms with van der Waals surface area (Å²) in [6.07, 6.45) is 4.28. The molecule has 1 aromatic carbocycles. The second kappa shape index (κ2) is 8.50. The summed E-state index contributed by atoms with van der Waals surface area (Å²) in [4.78, 5) is 16.8. The van der Waals surface area contributed by atoms with E-state index in [4.69, 9.17) is 0 Å². The Labute approximate surface area is 156 Å². The molecule has 7 heteroatoms. The van der Waals surface area contributed by atoms with Crippen LogP contribution in [0.2, 0.25) is 0 Å². The predicted octanol–water partition coefficient (Wildman–Crippen LogP) is 1.57. The normalized spacial score (nSPS) is 20.3. The average molecular weight is 380 g/mol. The molecule has 26 heavy (non-hydrogen) atoms. The fourth-order valence-corrected chi connectivity index (χ4v) is 5.03. The van der Waals surface area contributed by atoms with E-state index in [0.29, 0.717) is 37.6 Å². The Kier molecular flexibility index (Phi) is 6.32. The van der Waals surface area contributed by atoms with E-state index >= 15 is 0 Å². The molecule has 1 amide bonds. The summed E-state index contributed by atoms with van der Waals surface area (Å²) >= 11 is 0. The van der Waals surface area contributed by atoms with Gasteiger partial charge < -0.3 is 4.90 Å². The molecule has 2 aliphatic heterocycles. The number of rotatable bonds is 5. The summed E-state index contributed by atoms with van der Waals surface area (Å²) in [5, 5.41) is 0. The number of carbonyl (C=O) groups is 1. The Morgan fingerprint density at radius 2 is 1.54 bits per heavy atom. The zero-order valence-corrected chi connectivity index (χ0v) is 16.4. The lowest BCUT2D eigenvalue weighted by atomic mass is 10.1. The lowest BCUT2D eigenvalue weighted by Gasteiger charge is -2.35. The second-order valence-corrected chi connectivity index (χ2v) is 9.06. The van der Waals surface area contributed by atoms with Crippen molar-refractivity contribution in [3.8, 4) is 0 Å². The van der Waals surface area contributed by atoms with E-state index in [1.807, 2.05) is 24.0 Å². The van der Waals surface area contributed by atoms with Crippen LogP contribution in [0.25, 0.3) is 0 Å². The molecule has 0 saturated carbocycles. The minimum Gasteiger partial charge on any atom is -0.342 e. The molecule has 2 saturated heterocycles. The van der Waals surface area contributed by atoms with Gasteiger partial charge >= 0.3 is 0 Å². The summed E-state index contributed by atoms with van der Waals surface area (Å²) < 4.78 is 27.1. The van der Waals surface area contributed by atoms with Crippen molar-refractivity contribution >= 4 is 15.9 Å². The molecule has 3 rings (SSSR count). The number of aryl methyl sites for hydroxylation is 1. The molecule has 1 aromatic rings. The van der Waals surface area contributed by atoms with Gasteiger partial charge in [-0.3, -0.25) is 9.69 Å². The predicted molar refractivity (Wildman–Crippen MR) is 101 cm³/mol. The Bertz CT molecular complexity index is 704. The molecular weight excluding hydrogens is 350 g/mol. The third-order valence-electron chi connectivity index (χ3n) is 5.37. The molecule has 2 fully saturated rings. The fraction of sp³-hybridized carbons (Fsp3) is 0.632. The highest BCUT2D eigenvalue weighted by molar-refractivity contribution is 7.89. The molecule has 0 radical (unpaired) electrons. The number of piperazine rings is 1. The lowest BCUT2D eigenvalue weighted by molar-refractivity contribution is -0.133. The third-order valence-corrected chi connectivity index (χ3v) is 7.28. The van der Waals surface area contributed by atoms with Gasteiger partial charge in [-0.25, -0.2) is 8.42 Å². The first-order valence-corrected chi connectivity index (χ1v) is 11.0. The molecule has 0 spiro atoms. The van der Waals surface area contributed by atoms with Gasteiger partial charge in [0.05, 0.1) is 11.4 Å². The molecule has 0 unspecified atom stereocenters. The number of benzene rings is 1. The van der Waals surface area contributed by atoms with Gasteiger partial charge in [0.25, 0.3) is 0 Å². The Morgan fingerprint density at radius 3 is 2.12 bits per heavy atom. The fourth-order valence-electron chi connectivity index (χ4n) is 3.61. The maximum atomic E-state index is 12.8. The molecular formula is C19H29N3O3S. The number of amides is 1. The van der Waals surface area contributed by atoms with E-state index in [9.17, 15) is 13.2 Å². The van der Waals surface area contributed by atoms with Crippen LogP contribution in [0.4, 0.5) is 0 Å². The highest BCUT2D eigenvalue weighted by Gasteiger charge is 2.29. The van der Waals surface area contributed by atoms with Crippen molar-refractivity contribution in [2.45, 2.75) is 37.5 Å². The average Bonchev–Trinajstić information content (AvgIpc) is 2.69. The van der Waals surface area contributed by atoms with E-state index in [2.05, 4.69) is 4.90 Å². The molecule has 0 atom stereocenters. The van der Waals surface area contributed by atoms with Gasteiger partial charge in [0.1, 0.15) is 0 Å². The van der Waals surface area contributed by atoms with Crippen LogP contribution in [0.3, 0.4) is 0 Å². The van der Waals surface area contributed by atoms with Crippen LogP contribution >= 0.6 is 0 Å². The maximum Gasteiger partial charge on any atom is 0.243 e. The highest BCUT2D eigenvalue weighted by atomic mass is 32.2. The number of sulfonamides is 1. The van der Waals surface area contributed by atoms with Crippen molar-refractivity contribution in [2.24, 2.45) is 0 Å². The minimum atomic E-state index is -3.45. The number of piperidine rings is 1. The van der Waals surface area contributed by atoms with Gasteiger partial charge in [0, 0.05) is 39.3 Å². The zero-order valence-electron chi connectivity index (χ0n) is 15.6. The van der Waals surface area contributed by atoms with Gasteiger partial charge in [-0.1, -0.05) is 19.1 Å². The molecule has 2 aliphatic rings. The van der Waals surface area contributed by atoms with Crippen LogP contribution in [0.1, 0.15) is 31.7 Å². The van der Waals surface area contributed by atoms with Crippen LogP contribution < -0.4 is 0 Å². The number of hydrogen-bond donors (Lipinski definition) is 0. The summed E-state index contributed by atoms with van der Waals surface area (Å²) in [5.74, 6) is 0.177. The highest BCUT2D eigenvalue weighted by Crippen LogP contribution is 2.19. The summed E-state index contributed by atoms with van der Waals surface area (Å²) in [6, 6.07) is 7.14. The van der Waals surface area contributed by atoms with Gasteiger partial charge in [-0.2, -0.15) is 4.31 Å². The summed E-state index contributed by atoms with van der Waals surface area (Å²) in [5.41, 5.74) is 1.13. The van der Waals surface area contributed by atoms with Crippen molar-refractivity contribution < 1.29 is 13.2 Å². The smallest absolute Gasteiger partial charge is 0.243 e. The molecule has 0 aliphatic carbocycles. The second-order valence-electron chi connectivity index (χ2n) is 7.12. The molecule has 0 aromatic heterocycles. The first-order chi connectivity index (χ1) is 12.5. The SMILES string of the molecule is CCc1ccc(S(=O)(=O)N2CCN(CC(=O)N3CCCCC3)CC2)cc1. The van der Waals surface area contributed by atoms with Crippen LogP contribution in [0, 0.1) is 0 Å². The number of nitrogens with zero attached hydrogens (tertiary/aromatic N) is 3. The van der Waals surface area contributed by atoms with Crippen molar-refractivity contribution in [3.63, 3.8) is 0 Å².